The lowest BCUT2D eigenvalue weighted by atomic mass is 10.1. The molecule has 0 spiro atoms. The summed E-state index contributed by atoms with van der Waals surface area (Å²) in [6.45, 7) is 4.77. The van der Waals surface area contributed by atoms with Crippen molar-refractivity contribution in [2.24, 2.45) is 5.10 Å². The Bertz CT molecular complexity index is 1720. The van der Waals surface area contributed by atoms with Gasteiger partial charge >= 0.3 is 0 Å². The number of hydrogen-bond acceptors (Lipinski definition) is 6. The van der Waals surface area contributed by atoms with E-state index in [0.29, 0.717) is 28.3 Å². The van der Waals surface area contributed by atoms with E-state index in [2.05, 4.69) is 15.8 Å². The average Bonchev–Trinajstić information content (AvgIpc) is 2.98. The summed E-state index contributed by atoms with van der Waals surface area (Å²) >= 11 is 0. The van der Waals surface area contributed by atoms with Gasteiger partial charge in [0.05, 0.1) is 16.8 Å². The molecule has 0 saturated heterocycles. The van der Waals surface area contributed by atoms with Crippen LogP contribution in [0.4, 0.5) is 15.8 Å². The zero-order valence-electron chi connectivity index (χ0n) is 23.9. The molecule has 0 aromatic heterocycles. The molecule has 0 aliphatic rings. The third-order valence-corrected chi connectivity index (χ3v) is 8.08. The van der Waals surface area contributed by atoms with Gasteiger partial charge in [-0.1, -0.05) is 29.8 Å². The first kappa shape index (κ1) is 30.9. The molecule has 43 heavy (non-hydrogen) atoms. The van der Waals surface area contributed by atoms with Crippen LogP contribution in [-0.2, 0) is 19.6 Å². The minimum Gasteiger partial charge on any atom is -0.484 e. The topological polar surface area (TPSA) is 117 Å². The molecule has 0 aliphatic carbocycles. The predicted molar refractivity (Wildman–Crippen MR) is 164 cm³/mol. The van der Waals surface area contributed by atoms with Crippen molar-refractivity contribution in [1.82, 2.24) is 5.43 Å². The number of aryl methyl sites for hydroxylation is 3. The summed E-state index contributed by atoms with van der Waals surface area (Å²) in [5.74, 6) is -0.997. The van der Waals surface area contributed by atoms with Crippen LogP contribution in [0, 0.1) is 26.6 Å². The van der Waals surface area contributed by atoms with Crippen molar-refractivity contribution in [2.45, 2.75) is 25.7 Å². The molecule has 0 aliphatic heterocycles. The van der Waals surface area contributed by atoms with E-state index in [4.69, 9.17) is 4.74 Å². The molecule has 0 atom stereocenters. The highest BCUT2D eigenvalue weighted by Gasteiger charge is 2.28. The molecule has 0 bridgehead atoms. The second-order valence-electron chi connectivity index (χ2n) is 9.82. The molecule has 0 saturated carbocycles. The summed E-state index contributed by atoms with van der Waals surface area (Å²) in [4.78, 5) is 25.0. The van der Waals surface area contributed by atoms with Crippen molar-refractivity contribution >= 4 is 39.4 Å². The molecular formula is C32H31FN4O5S. The molecule has 2 N–H and O–H groups in total. The number of sulfonamides is 1. The van der Waals surface area contributed by atoms with Crippen molar-refractivity contribution in [3.8, 4) is 5.75 Å². The minimum absolute atomic E-state index is 0.0746. The van der Waals surface area contributed by atoms with Crippen LogP contribution in [0.15, 0.2) is 101 Å². The molecule has 222 valence electrons. The van der Waals surface area contributed by atoms with Crippen molar-refractivity contribution in [3.63, 3.8) is 0 Å². The summed E-state index contributed by atoms with van der Waals surface area (Å²) in [5, 5.41) is 6.58. The fourth-order valence-electron chi connectivity index (χ4n) is 4.00. The number of hydrogen-bond donors (Lipinski definition) is 2. The first-order valence-electron chi connectivity index (χ1n) is 13.3. The van der Waals surface area contributed by atoms with Crippen molar-refractivity contribution in [3.05, 3.63) is 119 Å². The first-order valence-corrected chi connectivity index (χ1v) is 14.7. The van der Waals surface area contributed by atoms with Gasteiger partial charge in [0.25, 0.3) is 21.8 Å². The van der Waals surface area contributed by atoms with Gasteiger partial charge in [0.15, 0.2) is 6.61 Å². The van der Waals surface area contributed by atoms with E-state index in [0.717, 1.165) is 15.4 Å². The van der Waals surface area contributed by atoms with Crippen molar-refractivity contribution in [2.75, 3.05) is 22.8 Å². The Kier molecular flexibility index (Phi) is 9.89. The molecule has 9 nitrogen and oxygen atoms in total. The highest BCUT2D eigenvalue weighted by Crippen LogP contribution is 2.28. The summed E-state index contributed by atoms with van der Waals surface area (Å²) in [6.07, 6.45) is 1.40. The van der Waals surface area contributed by atoms with Crippen LogP contribution in [0.5, 0.6) is 5.75 Å². The first-order chi connectivity index (χ1) is 20.5. The maximum absolute atomic E-state index is 13.6. The average molecular weight is 603 g/mol. The van der Waals surface area contributed by atoms with E-state index in [-0.39, 0.29) is 11.5 Å². The van der Waals surface area contributed by atoms with Crippen LogP contribution in [-0.4, -0.2) is 39.6 Å². The highest BCUT2D eigenvalue weighted by molar-refractivity contribution is 7.92. The molecule has 0 heterocycles. The van der Waals surface area contributed by atoms with E-state index < -0.39 is 34.2 Å². The quantitative estimate of drug-likeness (QED) is 0.183. The van der Waals surface area contributed by atoms with E-state index in [1.165, 1.54) is 42.6 Å². The van der Waals surface area contributed by atoms with Crippen LogP contribution in [0.3, 0.4) is 0 Å². The van der Waals surface area contributed by atoms with Crippen LogP contribution < -0.4 is 19.8 Å². The lowest BCUT2D eigenvalue weighted by Crippen LogP contribution is -2.40. The van der Waals surface area contributed by atoms with Gasteiger partial charge in [-0.3, -0.25) is 13.9 Å². The van der Waals surface area contributed by atoms with Gasteiger partial charge in [0.2, 0.25) is 0 Å². The molecular weight excluding hydrogens is 571 g/mol. The smallest absolute Gasteiger partial charge is 0.264 e. The molecule has 0 unspecified atom stereocenters. The molecule has 0 fully saturated rings. The summed E-state index contributed by atoms with van der Waals surface area (Å²) in [5.41, 5.74) is 6.35. The molecule has 4 aromatic rings. The maximum atomic E-state index is 13.6. The fourth-order valence-corrected chi connectivity index (χ4v) is 5.48. The van der Waals surface area contributed by atoms with Crippen LogP contribution in [0.25, 0.3) is 0 Å². The lowest BCUT2D eigenvalue weighted by molar-refractivity contribution is -0.119. The van der Waals surface area contributed by atoms with Crippen LogP contribution in [0.1, 0.15) is 22.3 Å². The van der Waals surface area contributed by atoms with Crippen molar-refractivity contribution < 1.29 is 27.1 Å². The van der Waals surface area contributed by atoms with E-state index in [1.54, 1.807) is 49.4 Å². The van der Waals surface area contributed by atoms with E-state index >= 15 is 0 Å². The number of nitrogens with one attached hydrogen (secondary N) is 2. The Morgan fingerprint density at radius 1 is 0.860 bits per heavy atom. The number of amides is 2. The number of nitrogens with zero attached hydrogens (tertiary/aromatic N) is 2. The van der Waals surface area contributed by atoms with Gasteiger partial charge < -0.3 is 10.1 Å². The number of halogens is 1. The third kappa shape index (κ3) is 8.49. The van der Waals surface area contributed by atoms with Crippen LogP contribution in [0.2, 0.25) is 0 Å². The molecule has 2 amide bonds. The molecule has 4 rings (SSSR count). The van der Waals surface area contributed by atoms with Gasteiger partial charge in [-0.25, -0.2) is 18.2 Å². The zero-order valence-corrected chi connectivity index (χ0v) is 24.7. The van der Waals surface area contributed by atoms with Gasteiger partial charge in [0.1, 0.15) is 18.1 Å². The Balaban J connectivity index is 1.37. The minimum atomic E-state index is -4.06. The Morgan fingerprint density at radius 3 is 2.19 bits per heavy atom. The second-order valence-corrected chi connectivity index (χ2v) is 11.7. The van der Waals surface area contributed by atoms with Gasteiger partial charge in [-0.05, 0) is 104 Å². The zero-order chi connectivity index (χ0) is 31.0. The number of ether oxygens (including phenoxy) is 1. The highest BCUT2D eigenvalue weighted by atomic mass is 32.2. The van der Waals surface area contributed by atoms with E-state index in [9.17, 15) is 22.4 Å². The van der Waals surface area contributed by atoms with Crippen molar-refractivity contribution in [1.29, 1.82) is 0 Å². The largest absolute Gasteiger partial charge is 0.484 e. The lowest BCUT2D eigenvalue weighted by Gasteiger charge is -2.25. The molecule has 11 heteroatoms. The number of benzene rings is 4. The third-order valence-electron chi connectivity index (χ3n) is 6.31. The number of hydrazone groups is 1. The second kappa shape index (κ2) is 13.8. The Morgan fingerprint density at radius 2 is 1.51 bits per heavy atom. The molecule has 0 radical (unpaired) electrons. The van der Waals surface area contributed by atoms with Gasteiger partial charge in [0, 0.05) is 5.69 Å². The van der Waals surface area contributed by atoms with Gasteiger partial charge in [-0.2, -0.15) is 5.10 Å². The summed E-state index contributed by atoms with van der Waals surface area (Å²) in [6, 6.07) is 23.9. The predicted octanol–water partition coefficient (Wildman–Crippen LogP) is 5.11. The Hall–Kier alpha value is -5.03. The number of carbonyl (C=O) groups excluding carboxylic acids is 2. The standard InChI is InChI=1S/C32H31FN4O5S/c1-22-5-16-29(17-6-22)43(40,41)37(30-18-23(2)4-7-24(30)3)20-31(38)36-34-19-25-8-14-28(15-9-25)42-21-32(39)35-27-12-10-26(33)11-13-27/h4-19H,20-21H2,1-3H3,(H,35,39)(H,36,38)/b34-19-. The SMILES string of the molecule is Cc1ccc(S(=O)(=O)N(CC(=O)N/N=C\c2ccc(OCC(=O)Nc3ccc(F)cc3)cc2)c2cc(C)ccc2C)cc1. The summed E-state index contributed by atoms with van der Waals surface area (Å²) in [7, 11) is -4.06. The molecule has 4 aromatic carbocycles. The monoisotopic (exact) mass is 602 g/mol. The fraction of sp³-hybridized carbons (Fsp3) is 0.156. The Labute approximate surface area is 250 Å². The van der Waals surface area contributed by atoms with Gasteiger partial charge in [-0.15, -0.1) is 0 Å². The normalized spacial score (nSPS) is 11.3. The number of carbonyl (C=O) groups is 2. The van der Waals surface area contributed by atoms with E-state index in [1.807, 2.05) is 26.0 Å². The summed E-state index contributed by atoms with van der Waals surface area (Å²) < 4.78 is 46.8. The number of rotatable bonds is 11. The number of anilines is 2. The maximum Gasteiger partial charge on any atom is 0.264 e. The van der Waals surface area contributed by atoms with Crippen LogP contribution >= 0.6 is 0 Å².